The molecule has 0 aliphatic heterocycles. The number of carbonyl (C=O) groups excluding carboxylic acids is 1. The number of para-hydroxylation sites is 1. The normalized spacial score (nSPS) is 14.0. The molecule has 3 rings (SSSR count). The van der Waals surface area contributed by atoms with Gasteiger partial charge >= 0.3 is 6.36 Å². The van der Waals surface area contributed by atoms with Crippen molar-refractivity contribution in [2.24, 2.45) is 0 Å². The summed E-state index contributed by atoms with van der Waals surface area (Å²) >= 11 is 1.37. The van der Waals surface area contributed by atoms with Gasteiger partial charge in [-0.1, -0.05) is 12.1 Å². The molecular formula is C15H11F3O2S. The van der Waals surface area contributed by atoms with Crippen LogP contribution in [0.3, 0.4) is 0 Å². The SMILES string of the molecule is O=C(c1cc2c(s1)CCC2)c1ccccc1OC(F)(F)F. The standard InChI is InChI=1S/C15H11F3O2S/c16-15(17,18)20-11-6-2-1-5-10(11)14(19)13-8-9-4-3-7-12(9)21-13/h1-2,5-6,8H,3-4,7H2. The molecule has 0 amide bonds. The van der Waals surface area contributed by atoms with Gasteiger partial charge in [0, 0.05) is 4.88 Å². The van der Waals surface area contributed by atoms with Gasteiger partial charge in [-0.2, -0.15) is 0 Å². The molecule has 1 aliphatic rings. The van der Waals surface area contributed by atoms with E-state index in [0.717, 1.165) is 35.8 Å². The molecule has 1 heterocycles. The van der Waals surface area contributed by atoms with Crippen LogP contribution in [0.25, 0.3) is 0 Å². The highest BCUT2D eigenvalue weighted by molar-refractivity contribution is 7.14. The second-order valence-corrected chi connectivity index (χ2v) is 5.92. The van der Waals surface area contributed by atoms with Gasteiger partial charge in [-0.25, -0.2) is 0 Å². The zero-order valence-corrected chi connectivity index (χ0v) is 11.7. The van der Waals surface area contributed by atoms with E-state index in [-0.39, 0.29) is 5.56 Å². The van der Waals surface area contributed by atoms with Crippen molar-refractivity contribution in [3.63, 3.8) is 0 Å². The molecule has 0 spiro atoms. The number of benzene rings is 1. The van der Waals surface area contributed by atoms with Crippen LogP contribution < -0.4 is 4.74 Å². The molecule has 1 aromatic heterocycles. The Hall–Kier alpha value is -1.82. The first-order valence-electron chi connectivity index (χ1n) is 6.45. The molecule has 0 N–H and O–H groups in total. The molecule has 21 heavy (non-hydrogen) atoms. The summed E-state index contributed by atoms with van der Waals surface area (Å²) in [5.74, 6) is -0.877. The maximum atomic E-state index is 12.4. The van der Waals surface area contributed by atoms with E-state index in [1.807, 2.05) is 0 Å². The van der Waals surface area contributed by atoms with Crippen molar-refractivity contribution in [1.82, 2.24) is 0 Å². The molecule has 2 aromatic rings. The highest BCUT2D eigenvalue weighted by atomic mass is 32.1. The van der Waals surface area contributed by atoms with Crippen molar-refractivity contribution in [2.75, 3.05) is 0 Å². The summed E-state index contributed by atoms with van der Waals surface area (Å²) in [7, 11) is 0. The van der Waals surface area contributed by atoms with Crippen molar-refractivity contribution in [2.45, 2.75) is 25.6 Å². The van der Waals surface area contributed by atoms with Gasteiger partial charge < -0.3 is 4.74 Å². The van der Waals surface area contributed by atoms with E-state index in [9.17, 15) is 18.0 Å². The lowest BCUT2D eigenvalue weighted by molar-refractivity contribution is -0.274. The predicted molar refractivity (Wildman–Crippen MR) is 72.9 cm³/mol. The zero-order chi connectivity index (χ0) is 15.0. The summed E-state index contributed by atoms with van der Waals surface area (Å²) < 4.78 is 41.1. The Morgan fingerprint density at radius 1 is 1.19 bits per heavy atom. The van der Waals surface area contributed by atoms with E-state index in [1.165, 1.54) is 29.5 Å². The third kappa shape index (κ3) is 2.95. The van der Waals surface area contributed by atoms with Crippen LogP contribution in [0.2, 0.25) is 0 Å². The van der Waals surface area contributed by atoms with E-state index < -0.39 is 17.9 Å². The van der Waals surface area contributed by atoms with Crippen LogP contribution in [0.5, 0.6) is 5.75 Å². The molecule has 110 valence electrons. The molecule has 0 saturated carbocycles. The maximum absolute atomic E-state index is 12.4. The largest absolute Gasteiger partial charge is 0.573 e. The molecule has 0 saturated heterocycles. The zero-order valence-electron chi connectivity index (χ0n) is 10.9. The van der Waals surface area contributed by atoms with Crippen molar-refractivity contribution < 1.29 is 22.7 Å². The topological polar surface area (TPSA) is 26.3 Å². The van der Waals surface area contributed by atoms with Gasteiger partial charge in [-0.05, 0) is 43.0 Å². The molecule has 1 aliphatic carbocycles. The fraction of sp³-hybridized carbons (Fsp3) is 0.267. The van der Waals surface area contributed by atoms with E-state index in [2.05, 4.69) is 4.74 Å². The van der Waals surface area contributed by atoms with Crippen LogP contribution in [0.1, 0.15) is 32.1 Å². The van der Waals surface area contributed by atoms with Gasteiger partial charge in [0.2, 0.25) is 5.78 Å². The molecule has 2 nitrogen and oxygen atoms in total. The smallest absolute Gasteiger partial charge is 0.405 e. The minimum Gasteiger partial charge on any atom is -0.405 e. The van der Waals surface area contributed by atoms with Crippen LogP contribution in [0, 0.1) is 0 Å². The Bertz CT molecular complexity index is 667. The molecule has 0 radical (unpaired) electrons. The van der Waals surface area contributed by atoms with Crippen molar-refractivity contribution in [1.29, 1.82) is 0 Å². The summed E-state index contributed by atoms with van der Waals surface area (Å²) in [4.78, 5) is 14.1. The first-order valence-corrected chi connectivity index (χ1v) is 7.27. The van der Waals surface area contributed by atoms with E-state index >= 15 is 0 Å². The fourth-order valence-corrected chi connectivity index (χ4v) is 3.65. The van der Waals surface area contributed by atoms with Gasteiger partial charge in [0.1, 0.15) is 5.75 Å². The number of thiophene rings is 1. The van der Waals surface area contributed by atoms with Gasteiger partial charge in [0.25, 0.3) is 0 Å². The van der Waals surface area contributed by atoms with Crippen LogP contribution in [0.15, 0.2) is 30.3 Å². The first-order chi connectivity index (χ1) is 9.94. The van der Waals surface area contributed by atoms with E-state index in [0.29, 0.717) is 4.88 Å². The second kappa shape index (κ2) is 5.18. The summed E-state index contributed by atoms with van der Waals surface area (Å²) in [6, 6.07) is 7.24. The number of halogens is 3. The van der Waals surface area contributed by atoms with Crippen LogP contribution in [-0.2, 0) is 12.8 Å². The number of ketones is 1. The number of alkyl halides is 3. The van der Waals surface area contributed by atoms with Gasteiger partial charge in [0.15, 0.2) is 0 Å². The number of hydrogen-bond acceptors (Lipinski definition) is 3. The quantitative estimate of drug-likeness (QED) is 0.787. The summed E-state index contributed by atoms with van der Waals surface area (Å²) in [6.07, 6.45) is -1.87. The van der Waals surface area contributed by atoms with Crippen LogP contribution in [-0.4, -0.2) is 12.1 Å². The van der Waals surface area contributed by atoms with E-state index in [1.54, 1.807) is 6.07 Å². The number of carbonyl (C=O) groups is 1. The Morgan fingerprint density at radius 2 is 1.95 bits per heavy atom. The lowest BCUT2D eigenvalue weighted by Crippen LogP contribution is -2.19. The molecular weight excluding hydrogens is 301 g/mol. The number of aryl methyl sites for hydroxylation is 2. The summed E-state index contributed by atoms with van der Waals surface area (Å²) in [5.41, 5.74) is 1.08. The lowest BCUT2D eigenvalue weighted by atomic mass is 10.1. The lowest BCUT2D eigenvalue weighted by Gasteiger charge is -2.11. The van der Waals surface area contributed by atoms with Crippen LogP contribution in [0.4, 0.5) is 13.2 Å². The highest BCUT2D eigenvalue weighted by Gasteiger charge is 2.33. The third-order valence-electron chi connectivity index (χ3n) is 3.33. The average Bonchev–Trinajstić information content (AvgIpc) is 2.97. The number of ether oxygens (including phenoxy) is 1. The minimum absolute atomic E-state index is 0.0604. The van der Waals surface area contributed by atoms with E-state index in [4.69, 9.17) is 0 Å². The number of fused-ring (bicyclic) bond motifs is 1. The monoisotopic (exact) mass is 312 g/mol. The van der Waals surface area contributed by atoms with Crippen LogP contribution >= 0.6 is 11.3 Å². The fourth-order valence-electron chi connectivity index (χ4n) is 2.44. The summed E-state index contributed by atoms with van der Waals surface area (Å²) in [6.45, 7) is 0. The highest BCUT2D eigenvalue weighted by Crippen LogP contribution is 2.34. The number of hydrogen-bond donors (Lipinski definition) is 0. The first kappa shape index (κ1) is 14.1. The molecule has 0 atom stereocenters. The molecule has 0 unspecified atom stereocenters. The van der Waals surface area contributed by atoms with Crippen molar-refractivity contribution >= 4 is 17.1 Å². The number of rotatable bonds is 3. The molecule has 0 bridgehead atoms. The average molecular weight is 312 g/mol. The Balaban J connectivity index is 1.94. The van der Waals surface area contributed by atoms with Gasteiger partial charge in [-0.3, -0.25) is 4.79 Å². The molecule has 1 aromatic carbocycles. The van der Waals surface area contributed by atoms with Crippen molar-refractivity contribution in [3.05, 3.63) is 51.2 Å². The van der Waals surface area contributed by atoms with Gasteiger partial charge in [-0.15, -0.1) is 24.5 Å². The molecule has 0 fully saturated rings. The van der Waals surface area contributed by atoms with Crippen molar-refractivity contribution in [3.8, 4) is 5.75 Å². The Kier molecular flexibility index (Phi) is 3.49. The Labute approximate surface area is 123 Å². The second-order valence-electron chi connectivity index (χ2n) is 4.79. The predicted octanol–water partition coefficient (Wildman–Crippen LogP) is 4.37. The van der Waals surface area contributed by atoms with Gasteiger partial charge in [0.05, 0.1) is 10.4 Å². The minimum atomic E-state index is -4.81. The third-order valence-corrected chi connectivity index (χ3v) is 4.56. The molecule has 6 heteroatoms. The Morgan fingerprint density at radius 3 is 2.67 bits per heavy atom. The maximum Gasteiger partial charge on any atom is 0.573 e. The summed E-state index contributed by atoms with van der Waals surface area (Å²) in [5, 5.41) is 0.